The fourth-order valence-corrected chi connectivity index (χ4v) is 3.27. The molecule has 1 N–H and O–H groups in total. The Labute approximate surface area is 102 Å². The monoisotopic (exact) mass is 223 g/mol. The van der Waals surface area contributed by atoms with Crippen molar-refractivity contribution in [3.63, 3.8) is 0 Å². The minimum absolute atomic E-state index is 0.466. The van der Waals surface area contributed by atoms with E-state index in [1.54, 1.807) is 0 Å². The van der Waals surface area contributed by atoms with Crippen LogP contribution in [0, 0.1) is 16.7 Å². The number of nitrogens with one attached hydrogen (secondary N) is 1. The second-order valence-corrected chi connectivity index (χ2v) is 6.64. The second kappa shape index (κ2) is 4.52. The predicted molar refractivity (Wildman–Crippen MR) is 72.6 cm³/mol. The molecular formula is C15H29N. The van der Waals surface area contributed by atoms with Crippen LogP contribution >= 0.6 is 0 Å². The molecule has 1 fully saturated rings. The Morgan fingerprint density at radius 1 is 1.25 bits per heavy atom. The van der Waals surface area contributed by atoms with Crippen molar-refractivity contribution in [2.24, 2.45) is 16.7 Å². The zero-order valence-corrected chi connectivity index (χ0v) is 12.0. The maximum atomic E-state index is 4.07. The second-order valence-electron chi connectivity index (χ2n) is 6.64. The summed E-state index contributed by atoms with van der Waals surface area (Å²) in [6.07, 6.45) is 2.33. The molecule has 16 heavy (non-hydrogen) atoms. The molecule has 0 aromatic rings. The van der Waals surface area contributed by atoms with Gasteiger partial charge in [0.2, 0.25) is 0 Å². The van der Waals surface area contributed by atoms with Gasteiger partial charge in [0, 0.05) is 6.04 Å². The van der Waals surface area contributed by atoms with E-state index < -0.39 is 0 Å². The standard InChI is InChI=1S/C15H29N/c1-8-9-16-12(10-11(2)3)13-14(4,5)15(13,6)7/h12-13,16H,2,8-10H2,1,3-7H3. The lowest BCUT2D eigenvalue weighted by Crippen LogP contribution is -2.34. The molecule has 1 saturated carbocycles. The summed E-state index contributed by atoms with van der Waals surface area (Å²) in [6, 6.07) is 0.613. The van der Waals surface area contributed by atoms with Gasteiger partial charge in [-0.05, 0) is 43.1 Å². The average molecular weight is 223 g/mol. The summed E-state index contributed by atoms with van der Waals surface area (Å²) in [6.45, 7) is 19.2. The van der Waals surface area contributed by atoms with Crippen LogP contribution in [0.5, 0.6) is 0 Å². The molecule has 0 heterocycles. The van der Waals surface area contributed by atoms with Crippen molar-refractivity contribution in [1.82, 2.24) is 5.32 Å². The fourth-order valence-electron chi connectivity index (χ4n) is 3.27. The molecule has 0 aliphatic heterocycles. The molecule has 1 aliphatic carbocycles. The van der Waals surface area contributed by atoms with Gasteiger partial charge < -0.3 is 5.32 Å². The number of hydrogen-bond acceptors (Lipinski definition) is 1. The van der Waals surface area contributed by atoms with Crippen molar-refractivity contribution in [2.45, 2.75) is 60.4 Å². The molecule has 94 valence electrons. The number of hydrogen-bond donors (Lipinski definition) is 1. The molecule has 1 atom stereocenters. The third kappa shape index (κ3) is 2.34. The quantitative estimate of drug-likeness (QED) is 0.671. The van der Waals surface area contributed by atoms with Crippen LogP contribution in [0.4, 0.5) is 0 Å². The molecule has 0 amide bonds. The van der Waals surface area contributed by atoms with E-state index in [2.05, 4.69) is 53.4 Å². The normalized spacial score (nSPS) is 24.1. The SMILES string of the molecule is C=C(C)CC(NCCC)C1C(C)(C)C1(C)C. The van der Waals surface area contributed by atoms with E-state index in [4.69, 9.17) is 0 Å². The van der Waals surface area contributed by atoms with E-state index in [-0.39, 0.29) is 0 Å². The van der Waals surface area contributed by atoms with Gasteiger partial charge in [-0.15, -0.1) is 6.58 Å². The molecule has 0 bridgehead atoms. The first-order valence-electron chi connectivity index (χ1n) is 6.63. The summed E-state index contributed by atoms with van der Waals surface area (Å²) in [5, 5.41) is 3.71. The van der Waals surface area contributed by atoms with Crippen LogP contribution in [-0.2, 0) is 0 Å². The first kappa shape index (κ1) is 13.8. The first-order chi connectivity index (χ1) is 7.25. The topological polar surface area (TPSA) is 12.0 Å². The minimum Gasteiger partial charge on any atom is -0.313 e. The van der Waals surface area contributed by atoms with Crippen molar-refractivity contribution < 1.29 is 0 Å². The number of rotatable bonds is 6. The smallest absolute Gasteiger partial charge is 0.0143 e. The molecular weight excluding hydrogens is 194 g/mol. The fraction of sp³-hybridized carbons (Fsp3) is 0.867. The van der Waals surface area contributed by atoms with Gasteiger partial charge in [-0.1, -0.05) is 40.2 Å². The highest BCUT2D eigenvalue weighted by atomic mass is 15.0. The Bertz CT molecular complexity index is 249. The van der Waals surface area contributed by atoms with E-state index in [1.165, 1.54) is 12.0 Å². The molecule has 1 aliphatic rings. The molecule has 0 saturated heterocycles. The highest BCUT2D eigenvalue weighted by molar-refractivity contribution is 5.17. The van der Waals surface area contributed by atoms with Crippen LogP contribution in [0.3, 0.4) is 0 Å². The third-order valence-electron chi connectivity index (χ3n) is 4.76. The zero-order chi connectivity index (χ0) is 12.6. The largest absolute Gasteiger partial charge is 0.313 e. The summed E-state index contributed by atoms with van der Waals surface area (Å²) in [5.74, 6) is 0.781. The third-order valence-corrected chi connectivity index (χ3v) is 4.76. The Hall–Kier alpha value is -0.300. The predicted octanol–water partition coefficient (Wildman–Crippen LogP) is 4.00. The van der Waals surface area contributed by atoms with E-state index in [0.717, 1.165) is 18.9 Å². The molecule has 1 unspecified atom stereocenters. The van der Waals surface area contributed by atoms with Crippen LogP contribution in [0.15, 0.2) is 12.2 Å². The maximum absolute atomic E-state index is 4.07. The molecule has 0 spiro atoms. The van der Waals surface area contributed by atoms with Crippen LogP contribution in [0.2, 0.25) is 0 Å². The summed E-state index contributed by atoms with van der Waals surface area (Å²) in [4.78, 5) is 0. The van der Waals surface area contributed by atoms with Crippen LogP contribution in [-0.4, -0.2) is 12.6 Å². The zero-order valence-electron chi connectivity index (χ0n) is 12.0. The average Bonchev–Trinajstić information content (AvgIpc) is 2.51. The summed E-state index contributed by atoms with van der Waals surface area (Å²) in [5.41, 5.74) is 2.23. The van der Waals surface area contributed by atoms with Gasteiger partial charge in [0.05, 0.1) is 0 Å². The lowest BCUT2D eigenvalue weighted by Gasteiger charge is -2.21. The van der Waals surface area contributed by atoms with Crippen molar-refractivity contribution in [3.8, 4) is 0 Å². The summed E-state index contributed by atoms with van der Waals surface area (Å²) in [7, 11) is 0. The lowest BCUT2D eigenvalue weighted by atomic mass is 9.98. The van der Waals surface area contributed by atoms with E-state index >= 15 is 0 Å². The van der Waals surface area contributed by atoms with Crippen LogP contribution < -0.4 is 5.32 Å². The highest BCUT2D eigenvalue weighted by Gasteiger charge is 2.66. The molecule has 0 radical (unpaired) electrons. The Morgan fingerprint density at radius 2 is 1.75 bits per heavy atom. The van der Waals surface area contributed by atoms with Crippen molar-refractivity contribution in [3.05, 3.63) is 12.2 Å². The van der Waals surface area contributed by atoms with Crippen molar-refractivity contribution >= 4 is 0 Å². The summed E-state index contributed by atoms with van der Waals surface area (Å²) < 4.78 is 0. The molecule has 1 nitrogen and oxygen atoms in total. The Kier molecular flexibility index (Phi) is 3.89. The van der Waals surface area contributed by atoms with Gasteiger partial charge in [-0.3, -0.25) is 0 Å². The van der Waals surface area contributed by atoms with Gasteiger partial charge in [-0.2, -0.15) is 0 Å². The minimum atomic E-state index is 0.466. The summed E-state index contributed by atoms with van der Waals surface area (Å²) >= 11 is 0. The molecule has 0 aromatic carbocycles. The first-order valence-corrected chi connectivity index (χ1v) is 6.63. The highest BCUT2D eigenvalue weighted by Crippen LogP contribution is 2.70. The van der Waals surface area contributed by atoms with Crippen LogP contribution in [0.25, 0.3) is 0 Å². The van der Waals surface area contributed by atoms with Crippen LogP contribution in [0.1, 0.15) is 54.4 Å². The maximum Gasteiger partial charge on any atom is 0.0143 e. The lowest BCUT2D eigenvalue weighted by molar-refractivity contribution is 0.395. The van der Waals surface area contributed by atoms with E-state index in [0.29, 0.717) is 16.9 Å². The van der Waals surface area contributed by atoms with E-state index in [1.807, 2.05) is 0 Å². The molecule has 1 rings (SSSR count). The molecule has 0 aromatic heterocycles. The van der Waals surface area contributed by atoms with E-state index in [9.17, 15) is 0 Å². The van der Waals surface area contributed by atoms with Gasteiger partial charge in [0.1, 0.15) is 0 Å². The van der Waals surface area contributed by atoms with Gasteiger partial charge in [-0.25, -0.2) is 0 Å². The molecule has 1 heteroatoms. The Balaban J connectivity index is 2.68. The van der Waals surface area contributed by atoms with Gasteiger partial charge >= 0.3 is 0 Å². The van der Waals surface area contributed by atoms with Crippen molar-refractivity contribution in [1.29, 1.82) is 0 Å². The van der Waals surface area contributed by atoms with Gasteiger partial charge in [0.25, 0.3) is 0 Å². The van der Waals surface area contributed by atoms with Gasteiger partial charge in [0.15, 0.2) is 0 Å². The van der Waals surface area contributed by atoms with Crippen molar-refractivity contribution in [2.75, 3.05) is 6.54 Å². The Morgan fingerprint density at radius 3 is 2.06 bits per heavy atom.